The van der Waals surface area contributed by atoms with Gasteiger partial charge in [0.2, 0.25) is 0 Å². The van der Waals surface area contributed by atoms with E-state index in [1.54, 1.807) is 53.0 Å². The maximum absolute atomic E-state index is 12.1. The number of rotatable bonds is 7. The molecule has 0 aliphatic rings. The zero-order valence-electron chi connectivity index (χ0n) is 18.2. The molecular formula is C25H20ClN5O3. The van der Waals surface area contributed by atoms with Crippen LogP contribution in [0, 0.1) is 6.92 Å². The summed E-state index contributed by atoms with van der Waals surface area (Å²) in [6.07, 6.45) is 0. The summed E-state index contributed by atoms with van der Waals surface area (Å²) >= 11 is 5.84. The van der Waals surface area contributed by atoms with Crippen LogP contribution in [0.5, 0.6) is 11.5 Å². The molecular weight excluding hydrogens is 454 g/mol. The Hall–Kier alpha value is -4.17. The van der Waals surface area contributed by atoms with E-state index >= 15 is 0 Å². The monoisotopic (exact) mass is 473 g/mol. The number of nitrogens with one attached hydrogen (secondary N) is 1. The number of carbonyl (C=O) groups excluding carboxylic acids is 1. The van der Waals surface area contributed by atoms with E-state index < -0.39 is 0 Å². The van der Waals surface area contributed by atoms with Crippen LogP contribution < -0.4 is 14.8 Å². The Kier molecular flexibility index (Phi) is 5.97. The summed E-state index contributed by atoms with van der Waals surface area (Å²) in [7, 11) is 0. The molecule has 0 saturated heterocycles. The van der Waals surface area contributed by atoms with Crippen molar-refractivity contribution in [1.29, 1.82) is 0 Å². The van der Waals surface area contributed by atoms with Crippen LogP contribution in [0.1, 0.15) is 11.5 Å². The molecule has 1 amide bonds. The summed E-state index contributed by atoms with van der Waals surface area (Å²) in [5.74, 6) is 1.53. The van der Waals surface area contributed by atoms with Gasteiger partial charge in [0.1, 0.15) is 18.1 Å². The summed E-state index contributed by atoms with van der Waals surface area (Å²) in [5.41, 5.74) is 2.22. The van der Waals surface area contributed by atoms with Gasteiger partial charge in [-0.05, 0) is 55.5 Å². The van der Waals surface area contributed by atoms with Crippen LogP contribution in [0.15, 0.2) is 72.8 Å². The largest absolute Gasteiger partial charge is 0.486 e. The number of carbonyl (C=O) groups is 1. The molecule has 0 aliphatic carbocycles. The van der Waals surface area contributed by atoms with E-state index in [9.17, 15) is 4.79 Å². The number of fused-ring (bicyclic) bond motifs is 3. The van der Waals surface area contributed by atoms with Crippen LogP contribution in [0.3, 0.4) is 0 Å². The van der Waals surface area contributed by atoms with Gasteiger partial charge in [0.25, 0.3) is 5.91 Å². The van der Waals surface area contributed by atoms with Gasteiger partial charge in [0, 0.05) is 21.5 Å². The fourth-order valence-electron chi connectivity index (χ4n) is 3.53. The fraction of sp³-hybridized carbons (Fsp3) is 0.120. The van der Waals surface area contributed by atoms with E-state index in [0.717, 1.165) is 16.5 Å². The van der Waals surface area contributed by atoms with E-state index in [0.29, 0.717) is 33.7 Å². The number of aromatic nitrogens is 4. The standard InChI is InChI=1S/C25H20ClN5O3/c1-16-21-4-2-3-5-22(21)25-29-28-23(31(25)30-16)14-33-20-12-8-18(9-13-20)27-24(32)15-34-19-10-6-17(26)7-11-19/h2-13H,14-15H2,1H3,(H,27,32). The van der Waals surface area contributed by atoms with Gasteiger partial charge in [-0.1, -0.05) is 35.9 Å². The fourth-order valence-corrected chi connectivity index (χ4v) is 3.66. The average molecular weight is 474 g/mol. The number of benzene rings is 3. The molecule has 0 bridgehead atoms. The maximum Gasteiger partial charge on any atom is 0.262 e. The molecule has 2 heterocycles. The quantitative estimate of drug-likeness (QED) is 0.364. The van der Waals surface area contributed by atoms with Crippen LogP contribution in [-0.2, 0) is 11.4 Å². The smallest absolute Gasteiger partial charge is 0.262 e. The Morgan fingerprint density at radius 1 is 0.912 bits per heavy atom. The Labute approximate surface area is 200 Å². The lowest BCUT2D eigenvalue weighted by Crippen LogP contribution is -2.20. The number of hydrogen-bond donors (Lipinski definition) is 1. The van der Waals surface area contributed by atoms with Crippen LogP contribution >= 0.6 is 11.6 Å². The molecule has 0 radical (unpaired) electrons. The van der Waals surface area contributed by atoms with Crippen LogP contribution in [-0.4, -0.2) is 32.3 Å². The molecule has 8 nitrogen and oxygen atoms in total. The molecule has 34 heavy (non-hydrogen) atoms. The first-order valence-corrected chi connectivity index (χ1v) is 11.0. The summed E-state index contributed by atoms with van der Waals surface area (Å²) < 4.78 is 13.0. The molecule has 9 heteroatoms. The molecule has 0 aliphatic heterocycles. The average Bonchev–Trinajstić information content (AvgIpc) is 3.26. The number of hydrogen-bond acceptors (Lipinski definition) is 6. The second-order valence-electron chi connectivity index (χ2n) is 7.59. The second kappa shape index (κ2) is 9.36. The third-order valence-electron chi connectivity index (χ3n) is 5.20. The Morgan fingerprint density at radius 2 is 1.59 bits per heavy atom. The molecule has 5 aromatic rings. The molecule has 0 fully saturated rings. The third kappa shape index (κ3) is 4.62. The highest BCUT2D eigenvalue weighted by Gasteiger charge is 2.13. The van der Waals surface area contributed by atoms with E-state index in [1.807, 2.05) is 31.2 Å². The minimum atomic E-state index is -0.271. The van der Waals surface area contributed by atoms with Crippen molar-refractivity contribution in [2.75, 3.05) is 11.9 Å². The molecule has 0 atom stereocenters. The van der Waals surface area contributed by atoms with Gasteiger partial charge < -0.3 is 14.8 Å². The van der Waals surface area contributed by atoms with E-state index in [1.165, 1.54) is 0 Å². The number of aryl methyl sites for hydroxylation is 1. The van der Waals surface area contributed by atoms with Crippen molar-refractivity contribution in [3.63, 3.8) is 0 Å². The number of halogens is 1. The molecule has 0 unspecified atom stereocenters. The lowest BCUT2D eigenvalue weighted by Gasteiger charge is -2.09. The maximum atomic E-state index is 12.1. The van der Waals surface area contributed by atoms with Crippen molar-refractivity contribution in [3.05, 3.63) is 89.3 Å². The zero-order valence-corrected chi connectivity index (χ0v) is 19.0. The van der Waals surface area contributed by atoms with Crippen molar-refractivity contribution in [1.82, 2.24) is 19.8 Å². The predicted octanol–water partition coefficient (Wildman–Crippen LogP) is 4.84. The Bertz CT molecular complexity index is 1470. The van der Waals surface area contributed by atoms with E-state index in [-0.39, 0.29) is 19.1 Å². The van der Waals surface area contributed by atoms with Crippen molar-refractivity contribution >= 4 is 39.6 Å². The van der Waals surface area contributed by atoms with Crippen LogP contribution in [0.4, 0.5) is 5.69 Å². The first kappa shape index (κ1) is 21.7. The highest BCUT2D eigenvalue weighted by Crippen LogP contribution is 2.22. The highest BCUT2D eigenvalue weighted by molar-refractivity contribution is 6.30. The van der Waals surface area contributed by atoms with Crippen molar-refractivity contribution in [3.8, 4) is 11.5 Å². The highest BCUT2D eigenvalue weighted by atomic mass is 35.5. The molecule has 3 aromatic carbocycles. The van der Waals surface area contributed by atoms with Gasteiger partial charge in [0.15, 0.2) is 18.1 Å². The minimum Gasteiger partial charge on any atom is -0.486 e. The van der Waals surface area contributed by atoms with Crippen LogP contribution in [0.2, 0.25) is 5.02 Å². The van der Waals surface area contributed by atoms with E-state index in [4.69, 9.17) is 21.1 Å². The summed E-state index contributed by atoms with van der Waals surface area (Å²) in [6, 6.07) is 21.9. The summed E-state index contributed by atoms with van der Waals surface area (Å²) in [4.78, 5) is 12.1. The molecule has 170 valence electrons. The second-order valence-corrected chi connectivity index (χ2v) is 8.02. The van der Waals surface area contributed by atoms with Gasteiger partial charge >= 0.3 is 0 Å². The third-order valence-corrected chi connectivity index (χ3v) is 5.45. The van der Waals surface area contributed by atoms with Crippen LogP contribution in [0.25, 0.3) is 16.4 Å². The lowest BCUT2D eigenvalue weighted by atomic mass is 10.1. The summed E-state index contributed by atoms with van der Waals surface area (Å²) in [5, 5.41) is 18.6. The molecule has 1 N–H and O–H groups in total. The Balaban J connectivity index is 1.20. The number of amides is 1. The van der Waals surface area contributed by atoms with E-state index in [2.05, 4.69) is 20.6 Å². The predicted molar refractivity (Wildman–Crippen MR) is 129 cm³/mol. The SMILES string of the molecule is Cc1nn2c(COc3ccc(NC(=O)COc4ccc(Cl)cc4)cc3)nnc2c2ccccc12. The van der Waals surface area contributed by atoms with Crippen molar-refractivity contribution in [2.24, 2.45) is 0 Å². The topological polar surface area (TPSA) is 90.6 Å². The molecule has 0 saturated carbocycles. The number of nitrogens with zero attached hydrogens (tertiary/aromatic N) is 4. The van der Waals surface area contributed by atoms with Gasteiger partial charge in [-0.2, -0.15) is 9.61 Å². The zero-order chi connectivity index (χ0) is 23.5. The normalized spacial score (nSPS) is 11.0. The van der Waals surface area contributed by atoms with Gasteiger partial charge in [-0.3, -0.25) is 4.79 Å². The Morgan fingerprint density at radius 3 is 2.35 bits per heavy atom. The molecule has 5 rings (SSSR count). The number of ether oxygens (including phenoxy) is 2. The first-order valence-electron chi connectivity index (χ1n) is 10.6. The van der Waals surface area contributed by atoms with Gasteiger partial charge in [0.05, 0.1) is 5.69 Å². The molecule has 2 aromatic heterocycles. The first-order chi connectivity index (χ1) is 16.6. The van der Waals surface area contributed by atoms with Crippen molar-refractivity contribution in [2.45, 2.75) is 13.5 Å². The van der Waals surface area contributed by atoms with Crippen molar-refractivity contribution < 1.29 is 14.3 Å². The lowest BCUT2D eigenvalue weighted by molar-refractivity contribution is -0.118. The number of anilines is 1. The summed E-state index contributed by atoms with van der Waals surface area (Å²) in [6.45, 7) is 2.05. The van der Waals surface area contributed by atoms with Gasteiger partial charge in [-0.15, -0.1) is 10.2 Å². The van der Waals surface area contributed by atoms with Gasteiger partial charge in [-0.25, -0.2) is 0 Å². The molecule has 0 spiro atoms. The minimum absolute atomic E-state index is 0.110.